The third kappa shape index (κ3) is 5.80. The number of carbonyl (C=O) groups is 1. The summed E-state index contributed by atoms with van der Waals surface area (Å²) in [4.78, 5) is 23.3. The lowest BCUT2D eigenvalue weighted by atomic mass is 10.2. The van der Waals surface area contributed by atoms with Crippen molar-refractivity contribution in [2.75, 3.05) is 6.61 Å². The highest BCUT2D eigenvalue weighted by Gasteiger charge is 2.37. The summed E-state index contributed by atoms with van der Waals surface area (Å²) < 4.78 is 16.2. The van der Waals surface area contributed by atoms with E-state index in [1.165, 1.54) is 24.5 Å². The van der Waals surface area contributed by atoms with Gasteiger partial charge >= 0.3 is 5.97 Å². The van der Waals surface area contributed by atoms with Crippen molar-refractivity contribution in [3.63, 3.8) is 0 Å². The minimum atomic E-state index is -1.90. The largest absolute Gasteiger partial charge is 0.466 e. The Bertz CT molecular complexity index is 623. The van der Waals surface area contributed by atoms with E-state index < -0.39 is 14.3 Å². The Hall–Kier alpha value is -1.66. The van der Waals surface area contributed by atoms with Gasteiger partial charge in [0.1, 0.15) is 12.0 Å². The quantitative estimate of drug-likeness (QED) is 0.449. The molecule has 0 amide bonds. The zero-order valence-electron chi connectivity index (χ0n) is 14.8. The first-order valence-electron chi connectivity index (χ1n) is 7.67. The van der Waals surface area contributed by atoms with Crippen molar-refractivity contribution in [3.05, 3.63) is 40.0 Å². The fourth-order valence-corrected chi connectivity index (χ4v) is 2.41. The first kappa shape index (κ1) is 19.4. The van der Waals surface area contributed by atoms with Crippen LogP contribution < -0.4 is 5.43 Å². The predicted octanol–water partition coefficient (Wildman–Crippen LogP) is 3.74. The molecule has 0 saturated carbocycles. The molecule has 0 aliphatic heterocycles. The molecule has 0 bridgehead atoms. The van der Waals surface area contributed by atoms with Crippen LogP contribution in [-0.4, -0.2) is 20.9 Å². The lowest BCUT2D eigenvalue weighted by Crippen LogP contribution is -2.40. The minimum absolute atomic E-state index is 0.0929. The number of hydrogen-bond donors (Lipinski definition) is 0. The van der Waals surface area contributed by atoms with Crippen LogP contribution in [0.5, 0.6) is 0 Å². The van der Waals surface area contributed by atoms with Gasteiger partial charge < -0.3 is 13.6 Å². The summed E-state index contributed by atoms with van der Waals surface area (Å²) >= 11 is 0. The third-order valence-corrected chi connectivity index (χ3v) is 8.46. The number of rotatable bonds is 6. The van der Waals surface area contributed by atoms with Gasteiger partial charge in [0.2, 0.25) is 0 Å². The maximum atomic E-state index is 12.0. The number of ether oxygens (including phenoxy) is 1. The molecule has 0 aliphatic rings. The average Bonchev–Trinajstić information content (AvgIpc) is 2.43. The van der Waals surface area contributed by atoms with Gasteiger partial charge in [0, 0.05) is 12.1 Å². The zero-order chi connectivity index (χ0) is 17.7. The maximum Gasteiger partial charge on any atom is 0.330 e. The predicted molar refractivity (Wildman–Crippen MR) is 92.6 cm³/mol. The van der Waals surface area contributed by atoms with Crippen molar-refractivity contribution in [3.8, 4) is 0 Å². The van der Waals surface area contributed by atoms with Crippen LogP contribution in [0.4, 0.5) is 0 Å². The molecule has 0 unspecified atom stereocenters. The molecular formula is C17H26O5Si. The summed E-state index contributed by atoms with van der Waals surface area (Å²) in [6.07, 6.45) is 3.94. The van der Waals surface area contributed by atoms with E-state index in [-0.39, 0.29) is 17.1 Å². The first-order chi connectivity index (χ1) is 10.6. The molecule has 5 nitrogen and oxygen atoms in total. The highest BCUT2D eigenvalue weighted by atomic mass is 28.4. The Morgan fingerprint density at radius 3 is 2.52 bits per heavy atom. The topological polar surface area (TPSA) is 65.7 Å². The smallest absolute Gasteiger partial charge is 0.330 e. The summed E-state index contributed by atoms with van der Waals surface area (Å²) in [5, 5.41) is 0.0929. The molecule has 0 spiro atoms. The summed E-state index contributed by atoms with van der Waals surface area (Å²) in [7, 11) is -1.90. The standard InChI is InChI=1S/C17H26O5Si/c1-7-20-16(19)9-8-13-11-21-14(10-15(13)18)12-22-23(5,6)17(2,3)4/h8-11H,7,12H2,1-6H3/b9-8+. The second kappa shape index (κ2) is 7.74. The highest BCUT2D eigenvalue weighted by Crippen LogP contribution is 2.36. The van der Waals surface area contributed by atoms with Gasteiger partial charge in [-0.2, -0.15) is 0 Å². The normalized spacial score (nSPS) is 12.6. The van der Waals surface area contributed by atoms with E-state index in [4.69, 9.17) is 13.6 Å². The fourth-order valence-electron chi connectivity index (χ4n) is 1.47. The van der Waals surface area contributed by atoms with Crippen molar-refractivity contribution >= 4 is 20.4 Å². The van der Waals surface area contributed by atoms with Crippen LogP contribution in [0.1, 0.15) is 39.0 Å². The molecule has 1 heterocycles. The van der Waals surface area contributed by atoms with Crippen LogP contribution in [0.25, 0.3) is 6.08 Å². The highest BCUT2D eigenvalue weighted by molar-refractivity contribution is 6.74. The van der Waals surface area contributed by atoms with E-state index in [0.717, 1.165) is 0 Å². The van der Waals surface area contributed by atoms with Crippen molar-refractivity contribution in [1.82, 2.24) is 0 Å². The monoisotopic (exact) mass is 338 g/mol. The second-order valence-corrected chi connectivity index (χ2v) is 11.6. The van der Waals surface area contributed by atoms with Crippen molar-refractivity contribution in [1.29, 1.82) is 0 Å². The van der Waals surface area contributed by atoms with Gasteiger partial charge in [-0.1, -0.05) is 20.8 Å². The number of esters is 1. The number of hydrogen-bond acceptors (Lipinski definition) is 5. The molecule has 0 aromatic carbocycles. The van der Waals surface area contributed by atoms with Crippen LogP contribution in [0.15, 0.2) is 27.6 Å². The Morgan fingerprint density at radius 1 is 1.35 bits per heavy atom. The molecule has 0 fully saturated rings. The van der Waals surface area contributed by atoms with Crippen molar-refractivity contribution in [2.24, 2.45) is 0 Å². The zero-order valence-corrected chi connectivity index (χ0v) is 15.8. The molecule has 0 aliphatic carbocycles. The molecule has 0 atom stereocenters. The molecule has 23 heavy (non-hydrogen) atoms. The van der Waals surface area contributed by atoms with Gasteiger partial charge in [-0.25, -0.2) is 4.79 Å². The molecule has 1 rings (SSSR count). The van der Waals surface area contributed by atoms with E-state index in [1.807, 2.05) is 0 Å². The lowest BCUT2D eigenvalue weighted by Gasteiger charge is -2.35. The van der Waals surface area contributed by atoms with Crippen LogP contribution in [-0.2, 0) is 20.6 Å². The third-order valence-electron chi connectivity index (χ3n) is 3.98. The van der Waals surface area contributed by atoms with Crippen molar-refractivity contribution in [2.45, 2.75) is 52.4 Å². The van der Waals surface area contributed by atoms with Gasteiger partial charge in [-0.15, -0.1) is 0 Å². The van der Waals surface area contributed by atoms with Gasteiger partial charge in [0.25, 0.3) is 0 Å². The van der Waals surface area contributed by atoms with E-state index >= 15 is 0 Å². The lowest BCUT2D eigenvalue weighted by molar-refractivity contribution is -0.137. The number of carbonyl (C=O) groups excluding carboxylic acids is 1. The summed E-state index contributed by atoms with van der Waals surface area (Å²) in [5.74, 6) is -0.00894. The Morgan fingerprint density at radius 2 is 2.00 bits per heavy atom. The van der Waals surface area contributed by atoms with Crippen LogP contribution in [0.2, 0.25) is 18.1 Å². The molecule has 0 N–H and O–H groups in total. The van der Waals surface area contributed by atoms with Gasteiger partial charge in [-0.3, -0.25) is 4.79 Å². The molecule has 0 saturated heterocycles. The molecule has 1 aromatic heterocycles. The second-order valence-electron chi connectivity index (χ2n) is 6.80. The summed E-state index contributed by atoms with van der Waals surface area (Å²) in [6, 6.07) is 1.40. The van der Waals surface area contributed by atoms with Crippen LogP contribution in [0.3, 0.4) is 0 Å². The molecule has 1 aromatic rings. The first-order valence-corrected chi connectivity index (χ1v) is 10.6. The SMILES string of the molecule is CCOC(=O)/C=C/c1coc(CO[Si](C)(C)C(C)(C)C)cc1=O. The van der Waals surface area contributed by atoms with E-state index in [9.17, 15) is 9.59 Å². The van der Waals surface area contributed by atoms with E-state index in [2.05, 4.69) is 33.9 Å². The van der Waals surface area contributed by atoms with Gasteiger partial charge in [0.05, 0.1) is 18.8 Å². The molecule has 128 valence electrons. The van der Waals surface area contributed by atoms with Crippen molar-refractivity contribution < 1.29 is 18.4 Å². The summed E-state index contributed by atoms with van der Waals surface area (Å²) in [5.41, 5.74) is 0.0831. The maximum absolute atomic E-state index is 12.0. The molecule has 0 radical (unpaired) electrons. The van der Waals surface area contributed by atoms with E-state index in [0.29, 0.717) is 17.9 Å². The van der Waals surface area contributed by atoms with E-state index in [1.54, 1.807) is 6.92 Å². The Labute approximate surface area is 138 Å². The molecular weight excluding hydrogens is 312 g/mol. The van der Waals surface area contributed by atoms with Gasteiger partial charge in [0.15, 0.2) is 13.7 Å². The van der Waals surface area contributed by atoms with Crippen LogP contribution in [0, 0.1) is 0 Å². The molecule has 6 heteroatoms. The minimum Gasteiger partial charge on any atom is -0.466 e. The summed E-state index contributed by atoms with van der Waals surface area (Å²) in [6.45, 7) is 13.0. The average molecular weight is 338 g/mol. The Kier molecular flexibility index (Phi) is 6.53. The van der Waals surface area contributed by atoms with Crippen LogP contribution >= 0.6 is 0 Å². The Balaban J connectivity index is 2.78. The fraction of sp³-hybridized carbons (Fsp3) is 0.529. The van der Waals surface area contributed by atoms with Gasteiger partial charge in [-0.05, 0) is 31.1 Å².